The lowest BCUT2D eigenvalue weighted by Gasteiger charge is -2.27. The van der Waals surface area contributed by atoms with Crippen LogP contribution in [0.25, 0.3) is 73.6 Å². The molecular formula is C42H25N3S2. The molecule has 0 saturated carbocycles. The molecule has 1 aliphatic rings. The quantitative estimate of drug-likeness (QED) is 0.191. The van der Waals surface area contributed by atoms with Crippen molar-refractivity contribution in [1.82, 2.24) is 9.88 Å². The van der Waals surface area contributed by atoms with E-state index in [2.05, 4.69) is 149 Å². The SMILES string of the molecule is c1ccc2cc(C3NC(n4c5ccccc5c5c6sc7ccccc7c6c6ccccc6c54)=Nc4c3sc3ccccc43)ccc2c1. The molecule has 0 aliphatic carbocycles. The second-order valence-corrected chi connectivity index (χ2v) is 14.5. The molecule has 10 aromatic rings. The van der Waals surface area contributed by atoms with E-state index in [4.69, 9.17) is 4.99 Å². The molecule has 3 nitrogen and oxygen atoms in total. The van der Waals surface area contributed by atoms with Crippen LogP contribution in [0.5, 0.6) is 0 Å². The van der Waals surface area contributed by atoms with Gasteiger partial charge in [-0.1, -0.05) is 115 Å². The number of hydrogen-bond acceptors (Lipinski definition) is 4. The van der Waals surface area contributed by atoms with E-state index in [1.165, 1.54) is 78.5 Å². The highest BCUT2D eigenvalue weighted by Gasteiger charge is 2.31. The van der Waals surface area contributed by atoms with Crippen molar-refractivity contribution in [3.05, 3.63) is 150 Å². The molecule has 0 saturated heterocycles. The summed E-state index contributed by atoms with van der Waals surface area (Å²) in [6.45, 7) is 0. The summed E-state index contributed by atoms with van der Waals surface area (Å²) in [6.07, 6.45) is 0. The molecule has 47 heavy (non-hydrogen) atoms. The summed E-state index contributed by atoms with van der Waals surface area (Å²) in [6, 6.07) is 50.7. The Bertz CT molecular complexity index is 2960. The summed E-state index contributed by atoms with van der Waals surface area (Å²) in [5.74, 6) is 0.857. The maximum absolute atomic E-state index is 5.53. The van der Waals surface area contributed by atoms with Crippen molar-refractivity contribution in [2.45, 2.75) is 6.04 Å². The first kappa shape index (κ1) is 25.7. The lowest BCUT2D eigenvalue weighted by atomic mass is 9.99. The fourth-order valence-corrected chi connectivity index (χ4v) is 10.3. The van der Waals surface area contributed by atoms with E-state index in [9.17, 15) is 0 Å². The van der Waals surface area contributed by atoms with Crippen molar-refractivity contribution >= 4 is 108 Å². The number of aliphatic imine (C=N–C) groups is 1. The Labute approximate surface area is 277 Å². The van der Waals surface area contributed by atoms with Gasteiger partial charge in [0.2, 0.25) is 5.96 Å². The zero-order chi connectivity index (χ0) is 30.6. The number of aromatic nitrogens is 1. The highest BCUT2D eigenvalue weighted by atomic mass is 32.1. The third-order valence-electron chi connectivity index (χ3n) is 9.82. The molecule has 0 fully saturated rings. The standard InChI is InChI=1S/C42H25N3S2/c1-2-12-25-23-26(22-21-24(25)11-1)37-41-38(31-17-7-10-20-34(31)47-41)44-42(43-37)45-32-18-8-5-15-29(32)36-39(45)28-14-4-3-13-27(28)35-30-16-6-9-19-33(30)46-40(35)36/h1-23,37H,(H,43,44). The van der Waals surface area contributed by atoms with Crippen LogP contribution in [-0.2, 0) is 0 Å². The van der Waals surface area contributed by atoms with Crippen molar-refractivity contribution in [2.24, 2.45) is 4.99 Å². The van der Waals surface area contributed by atoms with Crippen LogP contribution < -0.4 is 5.32 Å². The summed E-state index contributed by atoms with van der Waals surface area (Å²) < 4.78 is 6.31. The average Bonchev–Trinajstić information content (AvgIpc) is 3.81. The Morgan fingerprint density at radius 1 is 0.553 bits per heavy atom. The largest absolute Gasteiger partial charge is 0.343 e. The Hall–Kier alpha value is -5.49. The molecule has 220 valence electrons. The highest BCUT2D eigenvalue weighted by Crippen LogP contribution is 2.49. The predicted octanol–water partition coefficient (Wildman–Crippen LogP) is 11.9. The van der Waals surface area contributed by atoms with Crippen LogP contribution in [0.2, 0.25) is 0 Å². The summed E-state index contributed by atoms with van der Waals surface area (Å²) >= 11 is 3.74. The topological polar surface area (TPSA) is 29.3 Å². The maximum Gasteiger partial charge on any atom is 0.209 e. The number of nitrogens with one attached hydrogen (secondary N) is 1. The van der Waals surface area contributed by atoms with Crippen LogP contribution in [0.15, 0.2) is 145 Å². The minimum atomic E-state index is -0.0463. The van der Waals surface area contributed by atoms with Crippen LogP contribution >= 0.6 is 22.7 Å². The van der Waals surface area contributed by atoms with E-state index >= 15 is 0 Å². The summed E-state index contributed by atoms with van der Waals surface area (Å²) in [4.78, 5) is 6.78. The van der Waals surface area contributed by atoms with E-state index in [1.54, 1.807) is 0 Å². The predicted molar refractivity (Wildman–Crippen MR) is 203 cm³/mol. The normalized spacial score (nSPS) is 14.9. The van der Waals surface area contributed by atoms with E-state index in [0.29, 0.717) is 0 Å². The zero-order valence-corrected chi connectivity index (χ0v) is 26.7. The minimum absolute atomic E-state index is 0.0463. The van der Waals surface area contributed by atoms with E-state index in [1.807, 2.05) is 22.7 Å². The number of thiophene rings is 2. The molecule has 1 aliphatic heterocycles. The molecule has 0 bridgehead atoms. The van der Waals surface area contributed by atoms with Gasteiger partial charge in [0.15, 0.2) is 0 Å². The second kappa shape index (κ2) is 9.52. The molecular weight excluding hydrogens is 611 g/mol. The summed E-state index contributed by atoms with van der Waals surface area (Å²) in [5, 5.41) is 15.4. The lowest BCUT2D eigenvalue weighted by molar-refractivity contribution is 0.748. The van der Waals surface area contributed by atoms with Gasteiger partial charge in [-0.15, -0.1) is 22.7 Å². The third kappa shape index (κ3) is 3.53. The van der Waals surface area contributed by atoms with Gasteiger partial charge in [0.05, 0.1) is 27.6 Å². The molecule has 0 spiro atoms. The van der Waals surface area contributed by atoms with Crippen LogP contribution in [0, 0.1) is 0 Å². The molecule has 1 N–H and O–H groups in total. The molecule has 11 rings (SSSR count). The van der Waals surface area contributed by atoms with Gasteiger partial charge in [-0.2, -0.15) is 0 Å². The van der Waals surface area contributed by atoms with Crippen LogP contribution in [0.4, 0.5) is 5.69 Å². The Morgan fingerprint density at radius 2 is 1.21 bits per heavy atom. The lowest BCUT2D eigenvalue weighted by Crippen LogP contribution is -2.36. The molecule has 1 unspecified atom stereocenters. The van der Waals surface area contributed by atoms with Crippen LogP contribution in [0.1, 0.15) is 16.5 Å². The number of nitrogens with zero attached hydrogens (tertiary/aromatic N) is 2. The van der Waals surface area contributed by atoms with Gasteiger partial charge in [-0.3, -0.25) is 4.57 Å². The Balaban J connectivity index is 1.27. The first-order valence-electron chi connectivity index (χ1n) is 15.9. The summed E-state index contributed by atoms with van der Waals surface area (Å²) in [5.41, 5.74) is 4.66. The number of para-hydroxylation sites is 1. The molecule has 0 radical (unpaired) electrons. The number of rotatable bonds is 1. The smallest absolute Gasteiger partial charge is 0.209 e. The van der Waals surface area contributed by atoms with Gasteiger partial charge < -0.3 is 5.32 Å². The van der Waals surface area contributed by atoms with Crippen molar-refractivity contribution < 1.29 is 0 Å². The Morgan fingerprint density at radius 3 is 2.06 bits per heavy atom. The highest BCUT2D eigenvalue weighted by molar-refractivity contribution is 7.27. The molecule has 0 amide bonds. The second-order valence-electron chi connectivity index (χ2n) is 12.4. The molecule has 5 heteroatoms. The van der Waals surface area contributed by atoms with Gasteiger partial charge in [0.1, 0.15) is 0 Å². The van der Waals surface area contributed by atoms with Gasteiger partial charge in [-0.05, 0) is 46.0 Å². The third-order valence-corrected chi connectivity index (χ3v) is 12.2. The summed E-state index contributed by atoms with van der Waals surface area (Å²) in [7, 11) is 0. The van der Waals surface area contributed by atoms with E-state index in [-0.39, 0.29) is 6.04 Å². The van der Waals surface area contributed by atoms with Crippen molar-refractivity contribution in [1.29, 1.82) is 0 Å². The number of benzene rings is 7. The van der Waals surface area contributed by atoms with E-state index in [0.717, 1.165) is 17.2 Å². The van der Waals surface area contributed by atoms with Crippen molar-refractivity contribution in [3.8, 4) is 0 Å². The van der Waals surface area contributed by atoms with Crippen LogP contribution in [0.3, 0.4) is 0 Å². The molecule has 1 atom stereocenters. The fraction of sp³-hybridized carbons (Fsp3) is 0.0238. The minimum Gasteiger partial charge on any atom is -0.343 e. The van der Waals surface area contributed by atoms with Gasteiger partial charge in [-0.25, -0.2) is 4.99 Å². The fourth-order valence-electron chi connectivity index (χ4n) is 7.77. The van der Waals surface area contributed by atoms with Crippen molar-refractivity contribution in [2.75, 3.05) is 0 Å². The first-order valence-corrected chi connectivity index (χ1v) is 17.6. The molecule has 4 heterocycles. The number of hydrogen-bond donors (Lipinski definition) is 1. The monoisotopic (exact) mass is 635 g/mol. The van der Waals surface area contributed by atoms with Gasteiger partial charge >= 0.3 is 0 Å². The Kier molecular flexibility index (Phi) is 5.20. The zero-order valence-electron chi connectivity index (χ0n) is 25.1. The van der Waals surface area contributed by atoms with E-state index < -0.39 is 0 Å². The maximum atomic E-state index is 5.53. The number of fused-ring (bicyclic) bond motifs is 14. The van der Waals surface area contributed by atoms with Crippen LogP contribution in [-0.4, -0.2) is 10.5 Å². The first-order chi connectivity index (χ1) is 23.3. The van der Waals surface area contributed by atoms with Gasteiger partial charge in [0.25, 0.3) is 0 Å². The van der Waals surface area contributed by atoms with Crippen molar-refractivity contribution in [3.63, 3.8) is 0 Å². The van der Waals surface area contributed by atoms with Gasteiger partial charge in [0, 0.05) is 46.4 Å². The average molecular weight is 636 g/mol. The molecule has 3 aromatic heterocycles. The molecule has 7 aromatic carbocycles.